The Bertz CT molecular complexity index is 530. The van der Waals surface area contributed by atoms with Crippen LogP contribution in [0.25, 0.3) is 10.9 Å². The van der Waals surface area contributed by atoms with Crippen LogP contribution in [0.15, 0.2) is 24.3 Å². The average molecular weight is 217 g/mol. The number of aromatic amines is 1. The van der Waals surface area contributed by atoms with E-state index in [-0.39, 0.29) is 0 Å². The smallest absolute Gasteiger partial charge is 0.234 e. The Kier molecular flexibility index (Phi) is 2.66. The fraction of sp³-hybridized carbons (Fsp3) is 0.250. The molecule has 4 nitrogen and oxygen atoms in total. The maximum Gasteiger partial charge on any atom is 0.234 e. The van der Waals surface area contributed by atoms with E-state index < -0.39 is 11.9 Å². The molecule has 0 spiro atoms. The minimum atomic E-state index is -0.627. The van der Waals surface area contributed by atoms with Crippen molar-refractivity contribution in [1.29, 1.82) is 0 Å². The summed E-state index contributed by atoms with van der Waals surface area (Å²) in [7, 11) is 0. The Balaban J connectivity index is 2.43. The molecule has 0 aliphatic heterocycles. The second kappa shape index (κ2) is 3.98. The highest BCUT2D eigenvalue weighted by Crippen LogP contribution is 2.22. The maximum atomic E-state index is 11.0. The van der Waals surface area contributed by atoms with Crippen LogP contribution < -0.4 is 11.5 Å². The molecule has 0 aliphatic rings. The number of para-hydroxylation sites is 1. The summed E-state index contributed by atoms with van der Waals surface area (Å²) in [6, 6.07) is 7.33. The summed E-state index contributed by atoms with van der Waals surface area (Å²) in [6.07, 6.45) is 0.477. The molecule has 16 heavy (non-hydrogen) atoms. The Hall–Kier alpha value is -1.81. The zero-order valence-corrected chi connectivity index (χ0v) is 9.16. The molecule has 84 valence electrons. The van der Waals surface area contributed by atoms with E-state index in [1.54, 1.807) is 0 Å². The van der Waals surface area contributed by atoms with Crippen molar-refractivity contribution in [3.05, 3.63) is 35.5 Å². The minimum Gasteiger partial charge on any atom is -0.368 e. The van der Waals surface area contributed by atoms with Crippen molar-refractivity contribution >= 4 is 16.8 Å². The van der Waals surface area contributed by atoms with Gasteiger partial charge >= 0.3 is 0 Å². The predicted octanol–water partition coefficient (Wildman–Crippen LogP) is 0.831. The number of aromatic nitrogens is 1. The van der Waals surface area contributed by atoms with Gasteiger partial charge in [-0.2, -0.15) is 0 Å². The Morgan fingerprint density at radius 2 is 2.12 bits per heavy atom. The number of carbonyl (C=O) groups excluding carboxylic acids is 1. The van der Waals surface area contributed by atoms with Crippen molar-refractivity contribution in [2.75, 3.05) is 0 Å². The molecule has 2 rings (SSSR count). The van der Waals surface area contributed by atoms with Crippen molar-refractivity contribution < 1.29 is 4.79 Å². The Morgan fingerprint density at radius 3 is 2.81 bits per heavy atom. The molecule has 1 aromatic heterocycles. The van der Waals surface area contributed by atoms with Crippen molar-refractivity contribution in [3.63, 3.8) is 0 Å². The van der Waals surface area contributed by atoms with Gasteiger partial charge in [-0.05, 0) is 25.0 Å². The van der Waals surface area contributed by atoms with Crippen LogP contribution in [-0.4, -0.2) is 16.9 Å². The summed E-state index contributed by atoms with van der Waals surface area (Å²) in [6.45, 7) is 1.98. The molecule has 5 N–H and O–H groups in total. The monoisotopic (exact) mass is 217 g/mol. The average Bonchev–Trinajstić information content (AvgIpc) is 2.55. The number of hydrogen-bond donors (Lipinski definition) is 3. The summed E-state index contributed by atoms with van der Waals surface area (Å²) >= 11 is 0. The summed E-state index contributed by atoms with van der Waals surface area (Å²) in [5.74, 6) is -0.468. The van der Waals surface area contributed by atoms with E-state index in [0.717, 1.165) is 22.2 Å². The first-order valence-corrected chi connectivity index (χ1v) is 5.20. The lowest BCUT2D eigenvalue weighted by atomic mass is 10.0. The van der Waals surface area contributed by atoms with Crippen LogP contribution in [0, 0.1) is 6.92 Å². The molecule has 0 saturated carbocycles. The molecule has 0 saturated heterocycles. The van der Waals surface area contributed by atoms with Gasteiger partial charge in [0, 0.05) is 16.6 Å². The first-order valence-electron chi connectivity index (χ1n) is 5.20. The molecule has 0 aliphatic carbocycles. The van der Waals surface area contributed by atoms with Gasteiger partial charge in [-0.1, -0.05) is 18.2 Å². The van der Waals surface area contributed by atoms with Crippen molar-refractivity contribution in [1.82, 2.24) is 4.98 Å². The number of carbonyl (C=O) groups is 1. The Labute approximate surface area is 93.6 Å². The zero-order valence-electron chi connectivity index (χ0n) is 9.16. The molecule has 1 amide bonds. The number of amides is 1. The number of rotatable bonds is 3. The SMILES string of the molecule is Cc1[nH]c2ccccc2c1CC(N)C(N)=O. The number of nitrogens with two attached hydrogens (primary N) is 2. The molecule has 1 aromatic carbocycles. The number of aryl methyl sites for hydroxylation is 1. The maximum absolute atomic E-state index is 11.0. The third-order valence-corrected chi connectivity index (χ3v) is 2.82. The predicted molar refractivity (Wildman–Crippen MR) is 63.9 cm³/mol. The zero-order chi connectivity index (χ0) is 11.7. The largest absolute Gasteiger partial charge is 0.368 e. The highest BCUT2D eigenvalue weighted by molar-refractivity contribution is 5.86. The van der Waals surface area contributed by atoms with Crippen molar-refractivity contribution in [2.45, 2.75) is 19.4 Å². The quantitative estimate of drug-likeness (QED) is 0.711. The van der Waals surface area contributed by atoms with E-state index in [4.69, 9.17) is 11.5 Å². The van der Waals surface area contributed by atoms with E-state index in [1.165, 1.54) is 0 Å². The van der Waals surface area contributed by atoms with Crippen LogP contribution in [0.2, 0.25) is 0 Å². The van der Waals surface area contributed by atoms with Gasteiger partial charge in [0.05, 0.1) is 6.04 Å². The van der Waals surface area contributed by atoms with Gasteiger partial charge in [0.2, 0.25) is 5.91 Å². The van der Waals surface area contributed by atoms with Crippen LogP contribution in [0.3, 0.4) is 0 Å². The lowest BCUT2D eigenvalue weighted by Crippen LogP contribution is -2.38. The van der Waals surface area contributed by atoms with Gasteiger partial charge in [-0.15, -0.1) is 0 Å². The van der Waals surface area contributed by atoms with E-state index in [1.807, 2.05) is 31.2 Å². The number of primary amides is 1. The summed E-state index contributed by atoms with van der Waals surface area (Å²) in [5, 5.41) is 1.11. The number of benzene rings is 1. The van der Waals surface area contributed by atoms with Crippen LogP contribution in [0.4, 0.5) is 0 Å². The van der Waals surface area contributed by atoms with Crippen molar-refractivity contribution in [3.8, 4) is 0 Å². The van der Waals surface area contributed by atoms with Crippen LogP contribution in [0.5, 0.6) is 0 Å². The van der Waals surface area contributed by atoms with E-state index in [2.05, 4.69) is 4.98 Å². The second-order valence-corrected chi connectivity index (χ2v) is 3.99. The number of fused-ring (bicyclic) bond motifs is 1. The highest BCUT2D eigenvalue weighted by atomic mass is 16.1. The standard InChI is InChI=1S/C12H15N3O/c1-7-9(6-10(13)12(14)16)8-4-2-3-5-11(8)15-7/h2-5,10,15H,6,13H2,1H3,(H2,14,16). The van der Waals surface area contributed by atoms with Gasteiger partial charge in [0.25, 0.3) is 0 Å². The number of H-pyrrole nitrogens is 1. The van der Waals surface area contributed by atoms with Gasteiger partial charge < -0.3 is 16.5 Å². The third kappa shape index (κ3) is 1.79. The van der Waals surface area contributed by atoms with Gasteiger partial charge in [0.1, 0.15) is 0 Å². The summed E-state index contributed by atoms with van der Waals surface area (Å²) in [4.78, 5) is 14.2. The molecule has 4 heteroatoms. The molecule has 2 aromatic rings. The van der Waals surface area contributed by atoms with Crippen LogP contribution >= 0.6 is 0 Å². The molecule has 0 fully saturated rings. The molecule has 0 bridgehead atoms. The summed E-state index contributed by atoms with van der Waals surface area (Å²) < 4.78 is 0. The van der Waals surface area contributed by atoms with E-state index >= 15 is 0 Å². The van der Waals surface area contributed by atoms with Gasteiger partial charge in [-0.25, -0.2) is 0 Å². The number of hydrogen-bond acceptors (Lipinski definition) is 2. The third-order valence-electron chi connectivity index (χ3n) is 2.82. The topological polar surface area (TPSA) is 84.9 Å². The lowest BCUT2D eigenvalue weighted by molar-refractivity contribution is -0.119. The normalized spacial score (nSPS) is 12.9. The summed E-state index contributed by atoms with van der Waals surface area (Å²) in [5.41, 5.74) is 14.0. The fourth-order valence-electron chi connectivity index (χ4n) is 1.92. The molecule has 1 unspecified atom stereocenters. The Morgan fingerprint density at radius 1 is 1.44 bits per heavy atom. The molecule has 0 radical (unpaired) electrons. The molecular formula is C12H15N3O. The highest BCUT2D eigenvalue weighted by Gasteiger charge is 2.15. The first kappa shape index (κ1) is 10.7. The number of nitrogens with one attached hydrogen (secondary N) is 1. The van der Waals surface area contributed by atoms with Crippen LogP contribution in [-0.2, 0) is 11.2 Å². The first-order chi connectivity index (χ1) is 7.59. The van der Waals surface area contributed by atoms with Crippen LogP contribution in [0.1, 0.15) is 11.3 Å². The second-order valence-electron chi connectivity index (χ2n) is 3.99. The fourth-order valence-corrected chi connectivity index (χ4v) is 1.92. The van der Waals surface area contributed by atoms with Gasteiger partial charge in [-0.3, -0.25) is 4.79 Å². The molecule has 1 heterocycles. The lowest BCUT2D eigenvalue weighted by Gasteiger charge is -2.07. The minimum absolute atomic E-state index is 0.468. The van der Waals surface area contributed by atoms with Gasteiger partial charge in [0.15, 0.2) is 0 Å². The van der Waals surface area contributed by atoms with E-state index in [0.29, 0.717) is 6.42 Å². The van der Waals surface area contributed by atoms with E-state index in [9.17, 15) is 4.79 Å². The molecule has 1 atom stereocenters. The van der Waals surface area contributed by atoms with Crippen molar-refractivity contribution in [2.24, 2.45) is 11.5 Å². The molecular weight excluding hydrogens is 202 g/mol.